The average molecular weight is 430 g/mol. The maximum atomic E-state index is 13.9. The van der Waals surface area contributed by atoms with Crippen LogP contribution in [0.5, 0.6) is 0 Å². The molecule has 9 heteroatoms. The second-order valence-electron chi connectivity index (χ2n) is 7.07. The van der Waals surface area contributed by atoms with Crippen molar-refractivity contribution in [1.29, 1.82) is 0 Å². The van der Waals surface area contributed by atoms with Crippen molar-refractivity contribution < 1.29 is 9.18 Å². The number of anilines is 1. The maximum absolute atomic E-state index is 13.9. The summed E-state index contributed by atoms with van der Waals surface area (Å²) in [6, 6.07) is 11.2. The van der Waals surface area contributed by atoms with Gasteiger partial charge in [-0.25, -0.2) is 14.2 Å². The molecule has 2 aromatic carbocycles. The molecule has 0 spiro atoms. The van der Waals surface area contributed by atoms with Crippen LogP contribution in [0.1, 0.15) is 25.2 Å². The van der Waals surface area contributed by atoms with E-state index in [0.29, 0.717) is 39.7 Å². The largest absolute Gasteiger partial charge is 0.338 e. The molecule has 156 valence electrons. The molecule has 0 saturated carbocycles. The minimum atomic E-state index is -1.01. The van der Waals surface area contributed by atoms with Gasteiger partial charge in [0, 0.05) is 25.2 Å². The highest BCUT2D eigenvalue weighted by molar-refractivity contribution is 6.35. The molecule has 0 bridgehead atoms. The molecule has 3 N–H and O–H groups in total. The number of nitrogens with one attached hydrogen (secondary N) is 3. The number of aromatic nitrogens is 2. The topological polar surface area (TPSA) is 88.1 Å². The Hall–Kier alpha value is -2.97. The van der Waals surface area contributed by atoms with Gasteiger partial charge in [0.25, 0.3) is 5.56 Å². The highest BCUT2D eigenvalue weighted by Crippen LogP contribution is 2.28. The van der Waals surface area contributed by atoms with Gasteiger partial charge >= 0.3 is 6.03 Å². The number of benzene rings is 2. The number of urea groups is 1. The fourth-order valence-corrected chi connectivity index (χ4v) is 3.89. The van der Waals surface area contributed by atoms with Gasteiger partial charge in [-0.15, -0.1) is 0 Å². The standard InChI is InChI=1S/C21H21ClFN5O2/c1-2-24-21(30)26-13-5-3-6-14(10-13)28-19(17-9-12(23)11-25-17)27-16-8-4-7-15(22)18(16)20(28)29/h3-8,10,12,17,25H,2,9,11H2,1H3,(H2,24,26,30)/t12-,17-/m0/s1. The van der Waals surface area contributed by atoms with Crippen LogP contribution in [0.2, 0.25) is 5.02 Å². The van der Waals surface area contributed by atoms with Gasteiger partial charge in [0.2, 0.25) is 0 Å². The number of rotatable bonds is 4. The molecule has 0 unspecified atom stereocenters. The average Bonchev–Trinajstić information content (AvgIpc) is 3.14. The normalized spacial score (nSPS) is 18.5. The minimum absolute atomic E-state index is 0.201. The second kappa shape index (κ2) is 8.41. The second-order valence-corrected chi connectivity index (χ2v) is 7.48. The first-order valence-corrected chi connectivity index (χ1v) is 10.1. The summed E-state index contributed by atoms with van der Waals surface area (Å²) in [6.45, 7) is 2.51. The molecule has 1 aromatic heterocycles. The first-order chi connectivity index (χ1) is 14.5. The van der Waals surface area contributed by atoms with Crippen molar-refractivity contribution in [2.45, 2.75) is 25.6 Å². The fraction of sp³-hybridized carbons (Fsp3) is 0.286. The summed E-state index contributed by atoms with van der Waals surface area (Å²) in [4.78, 5) is 30.0. The zero-order chi connectivity index (χ0) is 21.3. The molecular formula is C21H21ClFN5O2. The molecule has 1 fully saturated rings. The lowest BCUT2D eigenvalue weighted by Crippen LogP contribution is -2.30. The monoisotopic (exact) mass is 429 g/mol. The highest BCUT2D eigenvalue weighted by atomic mass is 35.5. The maximum Gasteiger partial charge on any atom is 0.319 e. The summed E-state index contributed by atoms with van der Waals surface area (Å²) in [5, 5.41) is 9.07. The van der Waals surface area contributed by atoms with E-state index in [1.165, 1.54) is 4.57 Å². The van der Waals surface area contributed by atoms with E-state index in [-0.39, 0.29) is 24.6 Å². The third kappa shape index (κ3) is 3.88. The Bertz CT molecular complexity index is 1170. The lowest BCUT2D eigenvalue weighted by Gasteiger charge is -2.19. The number of nitrogens with zero attached hydrogens (tertiary/aromatic N) is 2. The van der Waals surface area contributed by atoms with Crippen LogP contribution in [0.25, 0.3) is 16.6 Å². The zero-order valence-electron chi connectivity index (χ0n) is 16.3. The molecule has 2 heterocycles. The Morgan fingerprint density at radius 3 is 2.87 bits per heavy atom. The minimum Gasteiger partial charge on any atom is -0.338 e. The van der Waals surface area contributed by atoms with Gasteiger partial charge in [-0.05, 0) is 37.3 Å². The van der Waals surface area contributed by atoms with Gasteiger partial charge in [0.15, 0.2) is 0 Å². The molecule has 1 aliphatic heterocycles. The quantitative estimate of drug-likeness (QED) is 0.591. The van der Waals surface area contributed by atoms with E-state index >= 15 is 0 Å². The third-order valence-corrected chi connectivity index (χ3v) is 5.28. The fourth-order valence-electron chi connectivity index (χ4n) is 3.64. The predicted molar refractivity (Wildman–Crippen MR) is 115 cm³/mol. The Morgan fingerprint density at radius 1 is 1.33 bits per heavy atom. The summed E-state index contributed by atoms with van der Waals surface area (Å²) in [5.74, 6) is 0.407. The molecule has 7 nitrogen and oxygen atoms in total. The molecule has 30 heavy (non-hydrogen) atoms. The molecule has 1 saturated heterocycles. The van der Waals surface area contributed by atoms with Gasteiger partial charge in [0.05, 0.1) is 27.7 Å². The number of hydrogen-bond donors (Lipinski definition) is 3. The van der Waals surface area contributed by atoms with Crippen molar-refractivity contribution in [1.82, 2.24) is 20.2 Å². The zero-order valence-corrected chi connectivity index (χ0v) is 17.0. The number of alkyl halides is 1. The van der Waals surface area contributed by atoms with Gasteiger partial charge in [-0.3, -0.25) is 9.36 Å². The lowest BCUT2D eigenvalue weighted by molar-refractivity contribution is 0.252. The summed E-state index contributed by atoms with van der Waals surface area (Å²) in [6.07, 6.45) is -0.795. The van der Waals surface area contributed by atoms with Gasteiger partial charge in [-0.2, -0.15) is 0 Å². The van der Waals surface area contributed by atoms with Gasteiger partial charge < -0.3 is 16.0 Å². The molecule has 0 aliphatic carbocycles. The number of hydrogen-bond acceptors (Lipinski definition) is 4. The predicted octanol–water partition coefficient (Wildman–Crippen LogP) is 3.55. The van der Waals surface area contributed by atoms with Crippen LogP contribution in [0.4, 0.5) is 14.9 Å². The molecule has 2 atom stereocenters. The molecule has 4 rings (SSSR count). The van der Waals surface area contributed by atoms with Crippen LogP contribution in [-0.2, 0) is 0 Å². The first-order valence-electron chi connectivity index (χ1n) is 9.72. The van der Waals surface area contributed by atoms with E-state index in [4.69, 9.17) is 11.6 Å². The van der Waals surface area contributed by atoms with Gasteiger partial charge in [-0.1, -0.05) is 23.7 Å². The van der Waals surface area contributed by atoms with Crippen molar-refractivity contribution in [3.05, 3.63) is 63.7 Å². The lowest BCUT2D eigenvalue weighted by atomic mass is 10.1. The van der Waals surface area contributed by atoms with Crippen molar-refractivity contribution in [3.8, 4) is 5.69 Å². The van der Waals surface area contributed by atoms with Crippen molar-refractivity contribution in [3.63, 3.8) is 0 Å². The number of carbonyl (C=O) groups is 1. The molecular weight excluding hydrogens is 409 g/mol. The number of fused-ring (bicyclic) bond motifs is 1. The Morgan fingerprint density at radius 2 is 2.13 bits per heavy atom. The highest BCUT2D eigenvalue weighted by Gasteiger charge is 2.30. The van der Waals surface area contributed by atoms with Crippen LogP contribution in [0.15, 0.2) is 47.3 Å². The van der Waals surface area contributed by atoms with E-state index in [0.717, 1.165) is 0 Å². The smallest absolute Gasteiger partial charge is 0.319 e. The molecule has 2 amide bonds. The summed E-state index contributed by atoms with van der Waals surface area (Å²) >= 11 is 6.30. The van der Waals surface area contributed by atoms with Crippen LogP contribution in [0, 0.1) is 0 Å². The SMILES string of the molecule is CCNC(=O)Nc1cccc(-n2c([C@@H]3C[C@H](F)CN3)nc3cccc(Cl)c3c2=O)c1. The summed E-state index contributed by atoms with van der Waals surface area (Å²) in [7, 11) is 0. The number of amides is 2. The Kier molecular flexibility index (Phi) is 5.69. The summed E-state index contributed by atoms with van der Waals surface area (Å²) in [5.41, 5.74) is 1.13. The van der Waals surface area contributed by atoms with Gasteiger partial charge in [0.1, 0.15) is 12.0 Å². The molecule has 1 aliphatic rings. The summed E-state index contributed by atoms with van der Waals surface area (Å²) < 4.78 is 15.3. The van der Waals surface area contributed by atoms with Crippen LogP contribution in [-0.4, -0.2) is 34.8 Å². The van der Waals surface area contributed by atoms with E-state index < -0.39 is 12.2 Å². The Balaban J connectivity index is 1.89. The number of halogens is 2. The third-order valence-electron chi connectivity index (χ3n) is 4.96. The Labute approximate surface area is 177 Å². The molecule has 3 aromatic rings. The van der Waals surface area contributed by atoms with Crippen molar-refractivity contribution in [2.24, 2.45) is 0 Å². The van der Waals surface area contributed by atoms with E-state index in [1.807, 2.05) is 6.92 Å². The molecule has 0 radical (unpaired) electrons. The van der Waals surface area contributed by atoms with Crippen LogP contribution < -0.4 is 21.5 Å². The van der Waals surface area contributed by atoms with Crippen molar-refractivity contribution >= 4 is 34.2 Å². The van der Waals surface area contributed by atoms with Crippen LogP contribution in [0.3, 0.4) is 0 Å². The van der Waals surface area contributed by atoms with E-state index in [2.05, 4.69) is 20.9 Å². The van der Waals surface area contributed by atoms with E-state index in [9.17, 15) is 14.0 Å². The van der Waals surface area contributed by atoms with Crippen molar-refractivity contribution in [2.75, 3.05) is 18.4 Å². The number of carbonyl (C=O) groups excluding carboxylic acids is 1. The van der Waals surface area contributed by atoms with Crippen LogP contribution >= 0.6 is 11.6 Å². The first kappa shape index (κ1) is 20.3. The van der Waals surface area contributed by atoms with E-state index in [1.54, 1.807) is 42.5 Å².